The highest BCUT2D eigenvalue weighted by Gasteiger charge is 2.05. The predicted molar refractivity (Wildman–Crippen MR) is 68.6 cm³/mol. The zero-order chi connectivity index (χ0) is 13.2. The van der Waals surface area contributed by atoms with E-state index in [-0.39, 0.29) is 0 Å². The maximum Gasteiger partial charge on any atom is 0.167 e. The summed E-state index contributed by atoms with van der Waals surface area (Å²) < 4.78 is 16.8. The summed E-state index contributed by atoms with van der Waals surface area (Å²) in [6, 6.07) is 15.2. The van der Waals surface area contributed by atoms with E-state index in [9.17, 15) is 4.79 Å². The largest absolute Gasteiger partial charge is 0.294 e. The molecule has 1 nitrogen and oxygen atoms in total. The average Bonchev–Trinajstić information content (AvgIpc) is 2.40. The van der Waals surface area contributed by atoms with Crippen LogP contribution in [0.25, 0.3) is 0 Å². The van der Waals surface area contributed by atoms with Gasteiger partial charge in [-0.15, -0.1) is 0 Å². The van der Waals surface area contributed by atoms with E-state index in [2.05, 4.69) is 15.9 Å². The van der Waals surface area contributed by atoms with E-state index in [1.807, 2.05) is 0 Å². The molecule has 0 saturated carbocycles. The molecule has 0 aliphatic carbocycles. The summed E-state index contributed by atoms with van der Waals surface area (Å²) in [6.07, 6.45) is -2.00. The normalized spacial score (nSPS) is 12.8. The van der Waals surface area contributed by atoms with Crippen LogP contribution in [0.4, 0.5) is 0 Å². The van der Waals surface area contributed by atoms with Gasteiger partial charge in [0.1, 0.15) is 0 Å². The van der Waals surface area contributed by atoms with Crippen molar-refractivity contribution in [2.45, 2.75) is 6.37 Å². The van der Waals surface area contributed by atoms with Crippen molar-refractivity contribution < 1.29 is 7.54 Å². The van der Waals surface area contributed by atoms with Crippen molar-refractivity contribution in [3.8, 4) is 0 Å². The third-order valence-electron chi connectivity index (χ3n) is 2.14. The Labute approximate surface area is 106 Å². The first-order valence-corrected chi connectivity index (χ1v) is 5.67. The Hall–Kier alpha value is -1.41. The van der Waals surface area contributed by atoms with Gasteiger partial charge in [-0.1, -0.05) is 58.4 Å². The lowest BCUT2D eigenvalue weighted by molar-refractivity contribution is 0.0993. The molecule has 0 fully saturated rings. The van der Waals surface area contributed by atoms with Crippen LogP contribution in [0.15, 0.2) is 59.1 Å². The van der Waals surface area contributed by atoms with Crippen LogP contribution in [0, 0.1) is 0 Å². The first kappa shape index (κ1) is 8.71. The Bertz CT molecular complexity index is 550. The fraction of sp³-hybridized carbons (Fsp3) is 0.0714. The van der Waals surface area contributed by atoms with Crippen LogP contribution in [0.3, 0.4) is 0 Å². The van der Waals surface area contributed by atoms with E-state index >= 15 is 0 Å². The summed E-state index contributed by atoms with van der Waals surface area (Å²) in [5, 5.41) is 0. The zero-order valence-electron chi connectivity index (χ0n) is 10.5. The molecule has 0 atom stereocenters. The molecule has 16 heavy (non-hydrogen) atoms. The number of hydrogen-bond donors (Lipinski definition) is 0. The first-order valence-electron chi connectivity index (χ1n) is 5.88. The quantitative estimate of drug-likeness (QED) is 0.778. The topological polar surface area (TPSA) is 17.1 Å². The van der Waals surface area contributed by atoms with E-state index in [1.165, 1.54) is 0 Å². The molecule has 2 aromatic rings. The molecule has 0 saturated heterocycles. The van der Waals surface area contributed by atoms with Crippen LogP contribution in [0.2, 0.25) is 0 Å². The highest BCUT2D eigenvalue weighted by atomic mass is 79.9. The minimum Gasteiger partial charge on any atom is -0.294 e. The number of hydrogen-bond acceptors (Lipinski definition) is 1. The number of carbonyl (C=O) groups is 1. The van der Waals surface area contributed by atoms with Gasteiger partial charge in [-0.3, -0.25) is 4.79 Å². The molecular weight excluding hydrogens is 264 g/mol. The molecule has 0 heterocycles. The molecule has 2 aromatic carbocycles. The second kappa shape index (κ2) is 5.08. The molecule has 0 N–H and O–H groups in total. The van der Waals surface area contributed by atoms with Crippen LogP contribution in [-0.4, -0.2) is 5.78 Å². The van der Waals surface area contributed by atoms with Gasteiger partial charge in [-0.25, -0.2) is 0 Å². The second-order valence-corrected chi connectivity index (χ2v) is 4.24. The summed E-state index contributed by atoms with van der Waals surface area (Å²) in [4.78, 5) is 12.2. The highest BCUT2D eigenvalue weighted by Crippen LogP contribution is 2.12. The van der Waals surface area contributed by atoms with Crippen molar-refractivity contribution in [2.75, 3.05) is 0 Å². The van der Waals surface area contributed by atoms with Crippen molar-refractivity contribution in [2.24, 2.45) is 0 Å². The third kappa shape index (κ3) is 2.80. The van der Waals surface area contributed by atoms with Gasteiger partial charge < -0.3 is 0 Å². The zero-order valence-corrected chi connectivity index (χ0v) is 10.1. The fourth-order valence-electron chi connectivity index (χ4n) is 1.33. The lowest BCUT2D eigenvalue weighted by Crippen LogP contribution is -2.02. The van der Waals surface area contributed by atoms with Crippen LogP contribution < -0.4 is 0 Å². The standard InChI is InChI=1S/C14H11BrO/c15-13-8-6-12(7-9-13)14(16)10-11-4-2-1-3-5-11/h1-9H,10H2/i10D2. The Morgan fingerprint density at radius 3 is 2.31 bits per heavy atom. The van der Waals surface area contributed by atoms with E-state index in [4.69, 9.17) is 2.74 Å². The first-order chi connectivity index (χ1) is 8.51. The van der Waals surface area contributed by atoms with Crippen LogP contribution >= 0.6 is 15.9 Å². The number of rotatable bonds is 3. The van der Waals surface area contributed by atoms with Gasteiger partial charge in [0.25, 0.3) is 0 Å². The molecule has 0 amide bonds. The van der Waals surface area contributed by atoms with Crippen LogP contribution in [-0.2, 0) is 6.37 Å². The summed E-state index contributed by atoms with van der Waals surface area (Å²) >= 11 is 3.28. The van der Waals surface area contributed by atoms with E-state index in [0.717, 1.165) is 4.47 Å². The predicted octanol–water partition coefficient (Wildman–Crippen LogP) is 3.87. The molecule has 2 heteroatoms. The number of ketones is 1. The summed E-state index contributed by atoms with van der Waals surface area (Å²) in [5.74, 6) is -0.527. The summed E-state index contributed by atoms with van der Waals surface area (Å²) in [7, 11) is 0. The second-order valence-electron chi connectivity index (χ2n) is 3.33. The molecular formula is C14H11BrO. The van der Waals surface area contributed by atoms with Crippen molar-refractivity contribution in [1.82, 2.24) is 0 Å². The van der Waals surface area contributed by atoms with Crippen molar-refractivity contribution in [1.29, 1.82) is 0 Å². The van der Waals surface area contributed by atoms with E-state index in [1.54, 1.807) is 54.6 Å². The summed E-state index contributed by atoms with van der Waals surface area (Å²) in [5.41, 5.74) is 0.741. The molecule has 0 aliphatic rings. The number of halogens is 1. The molecule has 0 aliphatic heterocycles. The molecule has 0 aromatic heterocycles. The Morgan fingerprint density at radius 2 is 1.69 bits per heavy atom. The number of benzene rings is 2. The maximum absolute atomic E-state index is 12.2. The molecule has 0 radical (unpaired) electrons. The number of Topliss-reactive ketones (excluding diaryl/α,β-unsaturated/α-hetero) is 1. The van der Waals surface area contributed by atoms with Crippen molar-refractivity contribution >= 4 is 21.7 Å². The van der Waals surface area contributed by atoms with Crippen molar-refractivity contribution in [3.05, 3.63) is 70.2 Å². The minimum absolute atomic E-state index is 0.368. The molecule has 80 valence electrons. The van der Waals surface area contributed by atoms with Gasteiger partial charge in [0.15, 0.2) is 5.78 Å². The third-order valence-corrected chi connectivity index (χ3v) is 2.67. The SMILES string of the molecule is [2H]C([2H])(C(=O)c1ccc(Br)cc1)c1ccccc1. The molecule has 2 rings (SSSR count). The molecule has 0 unspecified atom stereocenters. The van der Waals surface area contributed by atoms with Crippen molar-refractivity contribution in [3.63, 3.8) is 0 Å². The summed E-state index contributed by atoms with van der Waals surface area (Å²) in [6.45, 7) is 0. The van der Waals surface area contributed by atoms with Gasteiger partial charge in [0.05, 0.1) is 0 Å². The average molecular weight is 277 g/mol. The lowest BCUT2D eigenvalue weighted by atomic mass is 10.0. The van der Waals surface area contributed by atoms with E-state index < -0.39 is 12.2 Å². The Balaban J connectivity index is 2.36. The van der Waals surface area contributed by atoms with Crippen LogP contribution in [0.1, 0.15) is 18.7 Å². The van der Waals surface area contributed by atoms with Gasteiger partial charge >= 0.3 is 0 Å². The van der Waals surface area contributed by atoms with Crippen LogP contribution in [0.5, 0.6) is 0 Å². The maximum atomic E-state index is 12.2. The van der Waals surface area contributed by atoms with Gasteiger partial charge in [-0.2, -0.15) is 0 Å². The lowest BCUT2D eigenvalue weighted by Gasteiger charge is -2.01. The van der Waals surface area contributed by atoms with Gasteiger partial charge in [-0.05, 0) is 17.7 Å². The Morgan fingerprint density at radius 1 is 1.06 bits per heavy atom. The molecule has 0 bridgehead atoms. The van der Waals surface area contributed by atoms with Gasteiger partial charge in [0, 0.05) is 19.2 Å². The fourth-order valence-corrected chi connectivity index (χ4v) is 1.59. The van der Waals surface area contributed by atoms with Gasteiger partial charge in [0.2, 0.25) is 0 Å². The number of carbonyl (C=O) groups excluding carboxylic acids is 1. The molecule has 0 spiro atoms. The smallest absolute Gasteiger partial charge is 0.167 e. The van der Waals surface area contributed by atoms with E-state index in [0.29, 0.717) is 11.1 Å². The Kier molecular flexibility index (Phi) is 2.77. The monoisotopic (exact) mass is 276 g/mol. The minimum atomic E-state index is -2.00. The highest BCUT2D eigenvalue weighted by molar-refractivity contribution is 9.10.